The fourth-order valence-electron chi connectivity index (χ4n) is 4.67. The summed E-state index contributed by atoms with van der Waals surface area (Å²) in [4.78, 5) is 24.3. The highest BCUT2D eigenvalue weighted by molar-refractivity contribution is 6.32. The number of likely N-dealkylation sites (N-methyl/N-ethyl adjacent to an activating group) is 1. The summed E-state index contributed by atoms with van der Waals surface area (Å²) in [5.74, 6) is 0.953. The fraction of sp³-hybridized carbons (Fsp3) is 0.276. The third kappa shape index (κ3) is 5.53. The van der Waals surface area contributed by atoms with E-state index in [1.54, 1.807) is 31.4 Å². The number of likely N-dealkylation sites (tertiary alicyclic amines) is 1. The Morgan fingerprint density at radius 2 is 2.03 bits per heavy atom. The summed E-state index contributed by atoms with van der Waals surface area (Å²) in [7, 11) is 3.91. The van der Waals surface area contributed by atoms with Crippen molar-refractivity contribution in [3.8, 4) is 16.9 Å². The number of fused-ring (bicyclic) bond motifs is 1. The summed E-state index contributed by atoms with van der Waals surface area (Å²) in [6, 6.07) is 17.4. The van der Waals surface area contributed by atoms with Gasteiger partial charge in [-0.25, -0.2) is 9.97 Å². The van der Waals surface area contributed by atoms with Crippen molar-refractivity contribution in [2.24, 2.45) is 0 Å². The number of carbonyl (C=O) groups is 1. The van der Waals surface area contributed by atoms with Crippen LogP contribution in [0.25, 0.3) is 22.0 Å². The van der Waals surface area contributed by atoms with Gasteiger partial charge in [0, 0.05) is 42.0 Å². The molecular weight excluding hydrogens is 486 g/mol. The van der Waals surface area contributed by atoms with Crippen LogP contribution < -0.4 is 15.4 Å². The Kier molecular flexibility index (Phi) is 7.26. The highest BCUT2D eigenvalue weighted by atomic mass is 35.5. The predicted molar refractivity (Wildman–Crippen MR) is 150 cm³/mol. The first kappa shape index (κ1) is 25.0. The van der Waals surface area contributed by atoms with E-state index >= 15 is 0 Å². The van der Waals surface area contributed by atoms with Crippen molar-refractivity contribution in [2.75, 3.05) is 37.9 Å². The van der Waals surface area contributed by atoms with Crippen LogP contribution in [-0.4, -0.2) is 54.1 Å². The topological polar surface area (TPSA) is 79.4 Å². The molecule has 1 saturated heterocycles. The zero-order valence-corrected chi connectivity index (χ0v) is 22.0. The summed E-state index contributed by atoms with van der Waals surface area (Å²) in [5.41, 5.74) is 5.10. The van der Waals surface area contributed by atoms with Crippen molar-refractivity contribution in [2.45, 2.75) is 25.8 Å². The summed E-state index contributed by atoms with van der Waals surface area (Å²) in [6.07, 6.45) is 4.09. The largest absolute Gasteiger partial charge is 0.490 e. The van der Waals surface area contributed by atoms with Crippen LogP contribution >= 0.6 is 11.6 Å². The molecule has 0 unspecified atom stereocenters. The number of benzene rings is 3. The lowest BCUT2D eigenvalue weighted by Gasteiger charge is -2.20. The maximum Gasteiger partial charge on any atom is 0.255 e. The van der Waals surface area contributed by atoms with Gasteiger partial charge >= 0.3 is 0 Å². The summed E-state index contributed by atoms with van der Waals surface area (Å²) >= 11 is 6.37. The minimum Gasteiger partial charge on any atom is -0.490 e. The summed E-state index contributed by atoms with van der Waals surface area (Å²) in [5, 5.41) is 7.41. The van der Waals surface area contributed by atoms with Crippen LogP contribution in [0.2, 0.25) is 5.02 Å². The lowest BCUT2D eigenvalue weighted by molar-refractivity contribution is 0.102. The Bertz CT molecular complexity index is 1460. The van der Waals surface area contributed by atoms with E-state index in [0.29, 0.717) is 40.6 Å². The molecule has 1 atom stereocenters. The molecule has 3 aromatic carbocycles. The minimum atomic E-state index is -0.201. The van der Waals surface area contributed by atoms with E-state index in [2.05, 4.69) is 32.5 Å². The molecule has 4 aromatic rings. The Balaban J connectivity index is 1.34. The van der Waals surface area contributed by atoms with Crippen LogP contribution in [0, 0.1) is 6.92 Å². The van der Waals surface area contributed by atoms with Crippen molar-refractivity contribution < 1.29 is 9.53 Å². The van der Waals surface area contributed by atoms with E-state index < -0.39 is 0 Å². The number of anilines is 2. The number of nitrogens with zero attached hydrogens (tertiary/aromatic N) is 3. The lowest BCUT2D eigenvalue weighted by Crippen LogP contribution is -2.30. The quantitative estimate of drug-likeness (QED) is 0.313. The molecule has 37 heavy (non-hydrogen) atoms. The molecule has 1 aromatic heterocycles. The highest BCUT2D eigenvalue weighted by Gasteiger charge is 2.22. The molecule has 190 valence electrons. The molecule has 2 heterocycles. The van der Waals surface area contributed by atoms with Crippen molar-refractivity contribution >= 4 is 40.0 Å². The second-order valence-corrected chi connectivity index (χ2v) is 9.84. The van der Waals surface area contributed by atoms with Crippen molar-refractivity contribution in [1.29, 1.82) is 0 Å². The predicted octanol–water partition coefficient (Wildman–Crippen LogP) is 6.03. The van der Waals surface area contributed by atoms with E-state index in [0.717, 1.165) is 40.6 Å². The van der Waals surface area contributed by atoms with Crippen molar-refractivity contribution in [3.05, 3.63) is 76.9 Å². The first-order chi connectivity index (χ1) is 17.9. The number of carbonyl (C=O) groups excluding carboxylic acids is 1. The maximum absolute atomic E-state index is 13.2. The lowest BCUT2D eigenvalue weighted by atomic mass is 9.97. The van der Waals surface area contributed by atoms with E-state index in [9.17, 15) is 4.79 Å². The molecule has 5 rings (SSSR count). The molecule has 1 fully saturated rings. The van der Waals surface area contributed by atoms with Crippen LogP contribution in [0.5, 0.6) is 5.75 Å². The van der Waals surface area contributed by atoms with E-state index in [-0.39, 0.29) is 5.91 Å². The number of amides is 1. The molecule has 0 spiro atoms. The molecular formula is C29H30ClN5O2. The van der Waals surface area contributed by atoms with Crippen LogP contribution in [0.4, 0.5) is 11.6 Å². The minimum absolute atomic E-state index is 0.201. The van der Waals surface area contributed by atoms with Crippen molar-refractivity contribution in [3.63, 3.8) is 0 Å². The number of hydrogen-bond acceptors (Lipinski definition) is 6. The van der Waals surface area contributed by atoms with Crippen LogP contribution in [0.1, 0.15) is 28.8 Å². The number of aromatic nitrogens is 2. The number of nitrogens with one attached hydrogen (secondary N) is 2. The Morgan fingerprint density at radius 3 is 2.81 bits per heavy atom. The molecule has 1 aliphatic rings. The molecule has 0 radical (unpaired) electrons. The van der Waals surface area contributed by atoms with Gasteiger partial charge in [-0.3, -0.25) is 4.79 Å². The molecule has 7 nitrogen and oxygen atoms in total. The van der Waals surface area contributed by atoms with Gasteiger partial charge in [-0.2, -0.15) is 0 Å². The number of halogens is 1. The zero-order valence-electron chi connectivity index (χ0n) is 21.2. The molecule has 0 aliphatic carbocycles. The average molecular weight is 516 g/mol. The van der Waals surface area contributed by atoms with E-state index in [4.69, 9.17) is 16.3 Å². The van der Waals surface area contributed by atoms with E-state index in [1.807, 2.05) is 43.3 Å². The fourth-order valence-corrected chi connectivity index (χ4v) is 4.84. The second-order valence-electron chi connectivity index (χ2n) is 9.43. The SMILES string of the molecule is CNc1ncc2cc(-c3cc(C(=O)Nc4ccc(Cl)c(OC[C@@H]5CCCN5C)c4)ccc3C)ccc2n1. The monoisotopic (exact) mass is 515 g/mol. The molecule has 8 heteroatoms. The van der Waals surface area contributed by atoms with Gasteiger partial charge in [-0.15, -0.1) is 0 Å². The standard InChI is InChI=1S/C29H30ClN5O2/c1-18-6-7-20(14-24(18)19-8-11-26-21(13-19)16-32-29(31-2)34-26)28(36)33-22-9-10-25(30)27(15-22)37-17-23-5-4-12-35(23)3/h6-11,13-16,23H,4-5,12,17H2,1-3H3,(H,33,36)(H,31,32,34)/t23-/m0/s1. The Labute approximate surface area is 221 Å². The molecule has 0 saturated carbocycles. The van der Waals surface area contributed by atoms with E-state index in [1.165, 1.54) is 6.42 Å². The Morgan fingerprint density at radius 1 is 1.16 bits per heavy atom. The molecule has 0 bridgehead atoms. The summed E-state index contributed by atoms with van der Waals surface area (Å²) < 4.78 is 6.02. The average Bonchev–Trinajstić information content (AvgIpc) is 3.33. The van der Waals surface area contributed by atoms with Gasteiger partial charge in [0.05, 0.1) is 10.5 Å². The van der Waals surface area contributed by atoms with Crippen LogP contribution in [0.3, 0.4) is 0 Å². The number of ether oxygens (including phenoxy) is 1. The highest BCUT2D eigenvalue weighted by Crippen LogP contribution is 2.31. The third-order valence-corrected chi connectivity index (χ3v) is 7.22. The smallest absolute Gasteiger partial charge is 0.255 e. The third-order valence-electron chi connectivity index (χ3n) is 6.91. The molecule has 1 amide bonds. The summed E-state index contributed by atoms with van der Waals surface area (Å²) in [6.45, 7) is 3.69. The van der Waals surface area contributed by atoms with Crippen molar-refractivity contribution in [1.82, 2.24) is 14.9 Å². The van der Waals surface area contributed by atoms with Gasteiger partial charge in [-0.05, 0) is 86.4 Å². The molecule has 1 aliphatic heterocycles. The van der Waals surface area contributed by atoms with Gasteiger partial charge in [0.1, 0.15) is 12.4 Å². The molecule has 2 N–H and O–H groups in total. The van der Waals surface area contributed by atoms with Crippen LogP contribution in [0.15, 0.2) is 60.8 Å². The normalized spacial score (nSPS) is 15.6. The zero-order chi connectivity index (χ0) is 25.9. The van der Waals surface area contributed by atoms with Gasteiger partial charge in [-0.1, -0.05) is 23.7 Å². The number of aryl methyl sites for hydroxylation is 1. The first-order valence-electron chi connectivity index (χ1n) is 12.4. The number of rotatable bonds is 7. The first-order valence-corrected chi connectivity index (χ1v) is 12.8. The van der Waals surface area contributed by atoms with Gasteiger partial charge < -0.3 is 20.3 Å². The van der Waals surface area contributed by atoms with Gasteiger partial charge in [0.2, 0.25) is 5.95 Å². The van der Waals surface area contributed by atoms with Gasteiger partial charge in [0.15, 0.2) is 0 Å². The maximum atomic E-state index is 13.2. The second kappa shape index (κ2) is 10.7. The number of hydrogen-bond donors (Lipinski definition) is 2. The van der Waals surface area contributed by atoms with Crippen LogP contribution in [-0.2, 0) is 0 Å². The van der Waals surface area contributed by atoms with Gasteiger partial charge in [0.25, 0.3) is 5.91 Å². The Hall–Kier alpha value is -3.68.